The normalized spacial score (nSPS) is 18.9. The molecule has 2 aliphatic heterocycles. The van der Waals surface area contributed by atoms with Gasteiger partial charge >= 0.3 is 0 Å². The van der Waals surface area contributed by atoms with E-state index in [-0.39, 0.29) is 12.0 Å². The molecule has 1 aromatic heterocycles. The number of hydrogen-bond donors (Lipinski definition) is 1. The molecule has 1 atom stereocenters. The molecule has 178 valence electrons. The van der Waals surface area contributed by atoms with E-state index in [9.17, 15) is 4.79 Å². The molecule has 2 saturated heterocycles. The van der Waals surface area contributed by atoms with Crippen LogP contribution >= 0.6 is 0 Å². The zero-order chi connectivity index (χ0) is 23.3. The maximum atomic E-state index is 12.4. The van der Waals surface area contributed by atoms with Gasteiger partial charge in [-0.3, -0.25) is 9.69 Å². The second-order valence-electron chi connectivity index (χ2n) is 9.04. The Morgan fingerprint density at radius 2 is 1.82 bits per heavy atom. The quantitative estimate of drug-likeness (QED) is 0.577. The average molecular weight is 461 g/mol. The minimum absolute atomic E-state index is 0.0824. The SMILES string of the molecule is Cc1oc(-c2ccc(C(=O)NCC3CCCO3)cc2)nc1CN1CCN(c2ccccc2)CC1. The Balaban J connectivity index is 1.16. The smallest absolute Gasteiger partial charge is 0.251 e. The molecule has 1 amide bonds. The first-order valence-electron chi connectivity index (χ1n) is 12.1. The van der Waals surface area contributed by atoms with Crippen molar-refractivity contribution in [2.75, 3.05) is 44.2 Å². The first-order chi connectivity index (χ1) is 16.7. The first-order valence-corrected chi connectivity index (χ1v) is 12.1. The molecule has 0 spiro atoms. The van der Waals surface area contributed by atoms with Crippen LogP contribution in [0.2, 0.25) is 0 Å². The number of carbonyl (C=O) groups excluding carboxylic acids is 1. The zero-order valence-electron chi connectivity index (χ0n) is 19.7. The number of nitrogens with one attached hydrogen (secondary N) is 1. The molecule has 3 heterocycles. The summed E-state index contributed by atoms with van der Waals surface area (Å²) in [6.07, 6.45) is 2.21. The molecule has 7 heteroatoms. The van der Waals surface area contributed by atoms with E-state index in [1.165, 1.54) is 5.69 Å². The van der Waals surface area contributed by atoms with Crippen LogP contribution in [-0.2, 0) is 11.3 Å². The van der Waals surface area contributed by atoms with Gasteiger partial charge in [0.2, 0.25) is 5.89 Å². The summed E-state index contributed by atoms with van der Waals surface area (Å²) in [6, 6.07) is 18.0. The molecule has 0 aliphatic carbocycles. The predicted octanol–water partition coefficient (Wildman–Crippen LogP) is 3.88. The molecular weight excluding hydrogens is 428 g/mol. The molecule has 5 rings (SSSR count). The minimum atomic E-state index is -0.0824. The second kappa shape index (κ2) is 10.4. The van der Waals surface area contributed by atoms with Crippen LogP contribution < -0.4 is 10.2 Å². The third-order valence-corrected chi connectivity index (χ3v) is 6.67. The van der Waals surface area contributed by atoms with Crippen molar-refractivity contribution in [2.45, 2.75) is 32.4 Å². The number of oxazole rings is 1. The third kappa shape index (κ3) is 5.32. The van der Waals surface area contributed by atoms with Gasteiger partial charge in [0.25, 0.3) is 5.91 Å². The summed E-state index contributed by atoms with van der Waals surface area (Å²) in [5, 5.41) is 2.96. The van der Waals surface area contributed by atoms with E-state index in [1.807, 2.05) is 31.2 Å². The lowest BCUT2D eigenvalue weighted by molar-refractivity contribution is 0.0858. The Bertz CT molecular complexity index is 1080. The molecule has 7 nitrogen and oxygen atoms in total. The maximum absolute atomic E-state index is 12.4. The van der Waals surface area contributed by atoms with Crippen molar-refractivity contribution in [3.05, 3.63) is 71.6 Å². The summed E-state index contributed by atoms with van der Waals surface area (Å²) in [5.41, 5.74) is 3.76. The van der Waals surface area contributed by atoms with Gasteiger partial charge in [-0.25, -0.2) is 4.98 Å². The minimum Gasteiger partial charge on any atom is -0.441 e. The number of ether oxygens (including phenoxy) is 1. The van der Waals surface area contributed by atoms with Crippen molar-refractivity contribution >= 4 is 11.6 Å². The summed E-state index contributed by atoms with van der Waals surface area (Å²) < 4.78 is 11.6. The molecular formula is C27H32N4O3. The highest BCUT2D eigenvalue weighted by atomic mass is 16.5. The number of aromatic nitrogens is 1. The van der Waals surface area contributed by atoms with Gasteiger partial charge in [-0.2, -0.15) is 0 Å². The molecule has 0 radical (unpaired) electrons. The van der Waals surface area contributed by atoms with E-state index in [0.717, 1.165) is 69.2 Å². The van der Waals surface area contributed by atoms with E-state index in [2.05, 4.69) is 45.4 Å². The van der Waals surface area contributed by atoms with Crippen LogP contribution in [0.3, 0.4) is 0 Å². The lowest BCUT2D eigenvalue weighted by Crippen LogP contribution is -2.46. The second-order valence-corrected chi connectivity index (χ2v) is 9.04. The number of piperazine rings is 1. The largest absolute Gasteiger partial charge is 0.441 e. The van der Waals surface area contributed by atoms with Crippen molar-refractivity contribution < 1.29 is 13.9 Å². The Morgan fingerprint density at radius 3 is 2.53 bits per heavy atom. The first kappa shape index (κ1) is 22.6. The Hall–Kier alpha value is -3.16. The van der Waals surface area contributed by atoms with Gasteiger partial charge in [0.1, 0.15) is 5.76 Å². The maximum Gasteiger partial charge on any atom is 0.251 e. The number of para-hydroxylation sites is 1. The van der Waals surface area contributed by atoms with Gasteiger partial charge in [-0.15, -0.1) is 0 Å². The highest BCUT2D eigenvalue weighted by Crippen LogP contribution is 2.24. The summed E-state index contributed by atoms with van der Waals surface area (Å²) in [6.45, 7) is 8.09. The van der Waals surface area contributed by atoms with Crippen LogP contribution in [0.1, 0.15) is 34.7 Å². The number of nitrogens with zero attached hydrogens (tertiary/aromatic N) is 3. The molecule has 1 unspecified atom stereocenters. The number of benzene rings is 2. The highest BCUT2D eigenvalue weighted by Gasteiger charge is 2.21. The topological polar surface area (TPSA) is 70.8 Å². The zero-order valence-corrected chi connectivity index (χ0v) is 19.7. The molecule has 1 N–H and O–H groups in total. The van der Waals surface area contributed by atoms with Crippen molar-refractivity contribution in [1.29, 1.82) is 0 Å². The number of aryl methyl sites for hydroxylation is 1. The summed E-state index contributed by atoms with van der Waals surface area (Å²) in [7, 11) is 0. The van der Waals surface area contributed by atoms with Crippen LogP contribution in [0.5, 0.6) is 0 Å². The lowest BCUT2D eigenvalue weighted by Gasteiger charge is -2.35. The Labute approximate surface area is 200 Å². The summed E-state index contributed by atoms with van der Waals surface area (Å²) >= 11 is 0. The van der Waals surface area contributed by atoms with E-state index in [4.69, 9.17) is 14.1 Å². The molecule has 0 bridgehead atoms. The van der Waals surface area contributed by atoms with Gasteiger partial charge in [0.15, 0.2) is 0 Å². The van der Waals surface area contributed by atoms with E-state index in [1.54, 1.807) is 0 Å². The molecule has 34 heavy (non-hydrogen) atoms. The monoisotopic (exact) mass is 460 g/mol. The van der Waals surface area contributed by atoms with Crippen LogP contribution in [-0.4, -0.2) is 61.2 Å². The Morgan fingerprint density at radius 1 is 1.06 bits per heavy atom. The van der Waals surface area contributed by atoms with E-state index >= 15 is 0 Å². The summed E-state index contributed by atoms with van der Waals surface area (Å²) in [4.78, 5) is 22.1. The van der Waals surface area contributed by atoms with Crippen molar-refractivity contribution in [2.24, 2.45) is 0 Å². The average Bonchev–Trinajstić information content (AvgIpc) is 3.54. The van der Waals surface area contributed by atoms with E-state index < -0.39 is 0 Å². The van der Waals surface area contributed by atoms with Crippen LogP contribution in [0, 0.1) is 6.92 Å². The van der Waals surface area contributed by atoms with E-state index in [0.29, 0.717) is 18.0 Å². The summed E-state index contributed by atoms with van der Waals surface area (Å²) in [5.74, 6) is 1.36. The fraction of sp³-hybridized carbons (Fsp3) is 0.407. The van der Waals surface area contributed by atoms with Gasteiger partial charge in [-0.1, -0.05) is 18.2 Å². The van der Waals surface area contributed by atoms with Gasteiger partial charge in [-0.05, 0) is 56.2 Å². The number of rotatable bonds is 7. The van der Waals surface area contributed by atoms with Crippen LogP contribution in [0.15, 0.2) is 59.0 Å². The van der Waals surface area contributed by atoms with Gasteiger partial charge in [0.05, 0.1) is 11.8 Å². The highest BCUT2D eigenvalue weighted by molar-refractivity contribution is 5.94. The number of amides is 1. The number of hydrogen-bond acceptors (Lipinski definition) is 6. The van der Waals surface area contributed by atoms with Crippen molar-refractivity contribution in [3.63, 3.8) is 0 Å². The van der Waals surface area contributed by atoms with Crippen LogP contribution in [0.25, 0.3) is 11.5 Å². The predicted molar refractivity (Wildman–Crippen MR) is 132 cm³/mol. The number of carbonyl (C=O) groups is 1. The van der Waals surface area contributed by atoms with Crippen molar-refractivity contribution in [1.82, 2.24) is 15.2 Å². The molecule has 0 saturated carbocycles. The van der Waals surface area contributed by atoms with Gasteiger partial charge in [0, 0.05) is 62.7 Å². The molecule has 2 fully saturated rings. The number of anilines is 1. The lowest BCUT2D eigenvalue weighted by atomic mass is 10.1. The molecule has 2 aromatic carbocycles. The van der Waals surface area contributed by atoms with Crippen LogP contribution in [0.4, 0.5) is 5.69 Å². The molecule has 3 aromatic rings. The van der Waals surface area contributed by atoms with Gasteiger partial charge < -0.3 is 19.4 Å². The standard InChI is InChI=1S/C27H32N4O3/c1-20-25(19-30-13-15-31(16-14-30)23-6-3-2-4-7-23)29-27(34-20)22-11-9-21(10-12-22)26(32)28-18-24-8-5-17-33-24/h2-4,6-7,9-12,24H,5,8,13-19H2,1H3,(H,28,32). The fourth-order valence-corrected chi connectivity index (χ4v) is 4.59. The molecule has 2 aliphatic rings. The third-order valence-electron chi connectivity index (χ3n) is 6.67. The van der Waals surface area contributed by atoms with Crippen molar-refractivity contribution in [3.8, 4) is 11.5 Å². The fourth-order valence-electron chi connectivity index (χ4n) is 4.59. The Kier molecular flexibility index (Phi) is 6.92.